The molecule has 1 aliphatic carbocycles. The SMILES string of the molecule is C.CCN(CC)CC.O=P1(O)OC2C3OP(=O)(O)OP(=O)(O)OC3C3OP(=O)(O)OP(=O)(O)OC3C2OP(=O)(O)O1. The molecule has 4 fully saturated rings. The molecule has 3 heterocycles. The minimum Gasteiger partial charge on any atom is -0.304 e. The van der Waals surface area contributed by atoms with Crippen molar-refractivity contribution in [1.82, 2.24) is 4.90 Å². The first-order valence-electron chi connectivity index (χ1n) is 11.0. The molecule has 6 atom stereocenters. The van der Waals surface area contributed by atoms with E-state index < -0.39 is 83.6 Å². The summed E-state index contributed by atoms with van der Waals surface area (Å²) in [5.41, 5.74) is 0. The number of nitrogens with zero attached hydrogens (tertiary/aromatic N) is 1. The van der Waals surface area contributed by atoms with E-state index in [0.717, 1.165) is 0 Å². The summed E-state index contributed by atoms with van der Waals surface area (Å²) < 4.78 is 112. The summed E-state index contributed by atoms with van der Waals surface area (Å²) in [6.45, 7) is 10.1. The van der Waals surface area contributed by atoms with Gasteiger partial charge in [-0.05, 0) is 19.6 Å². The number of fused-ring (bicyclic) bond motifs is 6. The zero-order chi connectivity index (χ0) is 30.5. The van der Waals surface area contributed by atoms with Crippen molar-refractivity contribution in [3.05, 3.63) is 0 Å². The van der Waals surface area contributed by atoms with Crippen molar-refractivity contribution < 1.29 is 96.8 Å². The fraction of sp³-hybridized carbons (Fsp3) is 1.00. The van der Waals surface area contributed by atoms with E-state index >= 15 is 0 Å². The highest BCUT2D eigenvalue weighted by Crippen LogP contribution is 2.72. The van der Waals surface area contributed by atoms with Crippen LogP contribution in [0, 0.1) is 0 Å². The van der Waals surface area contributed by atoms with Gasteiger partial charge in [0, 0.05) is 0 Å². The van der Waals surface area contributed by atoms with Gasteiger partial charge in [-0.25, -0.2) is 27.4 Å². The summed E-state index contributed by atoms with van der Waals surface area (Å²) >= 11 is 0. The number of phosphoric ester groups is 6. The van der Waals surface area contributed by atoms with E-state index in [1.807, 2.05) is 0 Å². The molecule has 244 valence electrons. The van der Waals surface area contributed by atoms with Gasteiger partial charge < -0.3 is 34.3 Å². The van der Waals surface area contributed by atoms with Gasteiger partial charge in [0.2, 0.25) is 0 Å². The second-order valence-corrected chi connectivity index (χ2v) is 16.9. The summed E-state index contributed by atoms with van der Waals surface area (Å²) in [7, 11) is -33.5. The molecular formula is C13H31NO21P6. The van der Waals surface area contributed by atoms with E-state index in [0.29, 0.717) is 0 Å². The maximum Gasteiger partial charge on any atom is 0.481 e. The van der Waals surface area contributed by atoms with Crippen molar-refractivity contribution in [2.24, 2.45) is 0 Å². The maximum atomic E-state index is 12.1. The average molecular weight is 723 g/mol. The van der Waals surface area contributed by atoms with Crippen LogP contribution in [0.4, 0.5) is 0 Å². The molecule has 0 radical (unpaired) electrons. The molecule has 0 aromatic carbocycles. The van der Waals surface area contributed by atoms with Crippen molar-refractivity contribution >= 4 is 46.9 Å². The Labute approximate surface area is 233 Å². The van der Waals surface area contributed by atoms with Crippen LogP contribution in [-0.4, -0.2) is 90.5 Å². The second kappa shape index (κ2) is 13.2. The molecule has 6 N–H and O–H groups in total. The lowest BCUT2D eigenvalue weighted by molar-refractivity contribution is -0.185. The number of phosphoric acid groups is 6. The monoisotopic (exact) mass is 723 g/mol. The van der Waals surface area contributed by atoms with Gasteiger partial charge in [-0.1, -0.05) is 28.2 Å². The van der Waals surface area contributed by atoms with E-state index in [1.54, 1.807) is 0 Å². The van der Waals surface area contributed by atoms with Crippen LogP contribution in [0.25, 0.3) is 0 Å². The lowest BCUT2D eigenvalue weighted by Gasteiger charge is -2.45. The Morgan fingerprint density at radius 2 is 0.585 bits per heavy atom. The van der Waals surface area contributed by atoms with Crippen LogP contribution in [-0.2, 0) is 67.5 Å². The Kier molecular flexibility index (Phi) is 12.2. The molecule has 4 aliphatic rings. The van der Waals surface area contributed by atoms with Crippen LogP contribution in [0.1, 0.15) is 28.2 Å². The molecular weight excluding hydrogens is 692 g/mol. The molecule has 22 nitrogen and oxygen atoms in total. The Morgan fingerprint density at radius 3 is 0.683 bits per heavy atom. The number of hydrogen-bond acceptors (Lipinski definition) is 16. The highest BCUT2D eigenvalue weighted by molar-refractivity contribution is 7.62. The van der Waals surface area contributed by atoms with Gasteiger partial charge in [0.1, 0.15) is 36.6 Å². The minimum atomic E-state index is -5.59. The van der Waals surface area contributed by atoms with Gasteiger partial charge in [0.15, 0.2) is 0 Å². The van der Waals surface area contributed by atoms with Crippen LogP contribution in [0.2, 0.25) is 0 Å². The molecule has 0 aromatic heterocycles. The van der Waals surface area contributed by atoms with Gasteiger partial charge in [-0.2, -0.15) is 12.9 Å². The van der Waals surface area contributed by atoms with Gasteiger partial charge in [-0.15, -0.1) is 0 Å². The zero-order valence-corrected chi connectivity index (χ0v) is 25.9. The molecule has 3 saturated heterocycles. The lowest BCUT2D eigenvalue weighted by Crippen LogP contribution is -2.65. The van der Waals surface area contributed by atoms with Gasteiger partial charge in [0.05, 0.1) is 0 Å². The first-order valence-corrected chi connectivity index (χ1v) is 19.9. The molecule has 6 unspecified atom stereocenters. The predicted molar refractivity (Wildman–Crippen MR) is 132 cm³/mol. The first-order chi connectivity index (χ1) is 18.0. The zero-order valence-electron chi connectivity index (χ0n) is 20.5. The van der Waals surface area contributed by atoms with Crippen LogP contribution < -0.4 is 0 Å². The molecule has 0 aromatic rings. The largest absolute Gasteiger partial charge is 0.481 e. The summed E-state index contributed by atoms with van der Waals surface area (Å²) in [6.07, 6.45) is -14.4. The fourth-order valence-electron chi connectivity index (χ4n) is 3.94. The predicted octanol–water partition coefficient (Wildman–Crippen LogP) is 1.99. The lowest BCUT2D eigenvalue weighted by atomic mass is 9.85. The van der Waals surface area contributed by atoms with Crippen molar-refractivity contribution in [2.75, 3.05) is 19.6 Å². The Hall–Kier alpha value is 0.740. The first kappa shape index (κ1) is 37.9. The van der Waals surface area contributed by atoms with Crippen LogP contribution in [0.3, 0.4) is 0 Å². The van der Waals surface area contributed by atoms with Gasteiger partial charge in [0.25, 0.3) is 0 Å². The molecule has 4 rings (SSSR count). The van der Waals surface area contributed by atoms with Gasteiger partial charge >= 0.3 is 46.9 Å². The Balaban J connectivity index is 0.000000655. The Morgan fingerprint density at radius 1 is 0.439 bits per heavy atom. The van der Waals surface area contributed by atoms with E-state index in [1.165, 1.54) is 19.6 Å². The molecule has 3 aliphatic heterocycles. The molecule has 41 heavy (non-hydrogen) atoms. The molecule has 0 bridgehead atoms. The van der Waals surface area contributed by atoms with E-state index in [2.05, 4.69) is 65.7 Å². The fourth-order valence-corrected chi connectivity index (χ4v) is 11.3. The van der Waals surface area contributed by atoms with E-state index in [-0.39, 0.29) is 7.43 Å². The van der Waals surface area contributed by atoms with E-state index in [4.69, 9.17) is 0 Å². The minimum absolute atomic E-state index is 0. The van der Waals surface area contributed by atoms with E-state index in [9.17, 15) is 56.8 Å². The molecule has 0 amide bonds. The van der Waals surface area contributed by atoms with Gasteiger partial charge in [-0.3, -0.25) is 27.1 Å². The van der Waals surface area contributed by atoms with Crippen molar-refractivity contribution in [3.63, 3.8) is 0 Å². The smallest absolute Gasteiger partial charge is 0.304 e. The quantitative estimate of drug-likeness (QED) is 0.227. The normalized spacial score (nSPS) is 51.7. The summed E-state index contributed by atoms with van der Waals surface area (Å²) in [5, 5.41) is 0. The third kappa shape index (κ3) is 9.86. The highest BCUT2D eigenvalue weighted by atomic mass is 31.3. The second-order valence-electron chi connectivity index (χ2n) is 8.10. The van der Waals surface area contributed by atoms with Crippen LogP contribution >= 0.6 is 46.9 Å². The van der Waals surface area contributed by atoms with Crippen molar-refractivity contribution in [2.45, 2.75) is 64.8 Å². The van der Waals surface area contributed by atoms with Crippen molar-refractivity contribution in [1.29, 1.82) is 0 Å². The summed E-state index contributed by atoms with van der Waals surface area (Å²) in [4.78, 5) is 60.6. The molecule has 28 heteroatoms. The number of rotatable bonds is 3. The van der Waals surface area contributed by atoms with Crippen molar-refractivity contribution in [3.8, 4) is 0 Å². The highest BCUT2D eigenvalue weighted by Gasteiger charge is 2.68. The Bertz CT molecular complexity index is 1000. The molecule has 0 spiro atoms. The molecule has 1 saturated carbocycles. The summed E-state index contributed by atoms with van der Waals surface area (Å²) in [5.74, 6) is 0. The third-order valence-electron chi connectivity index (χ3n) is 5.43. The maximum absolute atomic E-state index is 12.1. The van der Waals surface area contributed by atoms with Crippen LogP contribution in [0.5, 0.6) is 0 Å². The topological polar surface area (TPSA) is 310 Å². The third-order valence-corrected chi connectivity index (χ3v) is 13.4. The standard InChI is InChI=1S/C6H15N.C6H12O21P6.CH4/c1-4-7(5-2)6-3;7-28(8)19-1-2(20-29(9,10)25-28)4-6(24-33(17,18)27-32(15,16)23-4)5-3(1)21-30(11,12)26-31(13,14)22-5;/h4-6H2,1-3H3;1-6H,(H,7,8)(H,9,10)(H,11,12)(H,13,14)(H,15,16)(H,17,18);1H4. The van der Waals surface area contributed by atoms with Crippen LogP contribution in [0.15, 0.2) is 0 Å². The average Bonchev–Trinajstić information content (AvgIpc) is 2.96. The summed E-state index contributed by atoms with van der Waals surface area (Å²) in [6, 6.07) is 0. The number of hydrogen-bond donors (Lipinski definition) is 6.